The molecule has 0 bridgehead atoms. The van der Waals surface area contributed by atoms with Crippen LogP contribution in [0.5, 0.6) is 23.3 Å². The Morgan fingerprint density at radius 1 is 0.853 bits per heavy atom. The normalized spacial score (nSPS) is 10.7. The molecule has 0 saturated carbocycles. The van der Waals surface area contributed by atoms with Gasteiger partial charge < -0.3 is 24.3 Å². The Labute approximate surface area is 196 Å². The molecular weight excluding hydrogens is 438 g/mol. The van der Waals surface area contributed by atoms with Gasteiger partial charge in [0.05, 0.1) is 34.1 Å². The van der Waals surface area contributed by atoms with E-state index in [0.29, 0.717) is 63.6 Å². The Kier molecular flexibility index (Phi) is 6.48. The van der Waals surface area contributed by atoms with Gasteiger partial charge >= 0.3 is 0 Å². The van der Waals surface area contributed by atoms with Gasteiger partial charge in [-0.1, -0.05) is 0 Å². The number of hydrogen-bond acceptors (Lipinski definition) is 9. The first-order valence-corrected chi connectivity index (χ1v) is 10.5. The van der Waals surface area contributed by atoms with Crippen molar-refractivity contribution in [2.45, 2.75) is 13.5 Å². The summed E-state index contributed by atoms with van der Waals surface area (Å²) >= 11 is 0. The summed E-state index contributed by atoms with van der Waals surface area (Å²) in [7, 11) is 6.18. The van der Waals surface area contributed by atoms with Crippen molar-refractivity contribution >= 4 is 22.7 Å². The molecule has 1 aromatic carbocycles. The van der Waals surface area contributed by atoms with Crippen LogP contribution in [0.15, 0.2) is 47.4 Å². The number of benzene rings is 1. The van der Waals surface area contributed by atoms with Gasteiger partial charge in [0.1, 0.15) is 17.1 Å². The highest BCUT2D eigenvalue weighted by molar-refractivity contribution is 5.82. The second-order valence-corrected chi connectivity index (χ2v) is 7.25. The van der Waals surface area contributed by atoms with Gasteiger partial charge in [0.15, 0.2) is 0 Å². The fourth-order valence-electron chi connectivity index (χ4n) is 3.57. The van der Waals surface area contributed by atoms with Crippen molar-refractivity contribution in [2.24, 2.45) is 0 Å². The number of nitrogens with zero attached hydrogens (tertiary/aromatic N) is 4. The van der Waals surface area contributed by atoms with Crippen molar-refractivity contribution in [1.29, 1.82) is 0 Å². The summed E-state index contributed by atoms with van der Waals surface area (Å²) in [6, 6.07) is 10.5. The minimum atomic E-state index is -0.179. The average molecular weight is 463 g/mol. The Bertz CT molecular complexity index is 1360. The molecule has 3 aromatic heterocycles. The topological polar surface area (TPSA) is 110 Å². The van der Waals surface area contributed by atoms with E-state index in [0.717, 1.165) is 0 Å². The quantitative estimate of drug-likeness (QED) is 0.419. The van der Waals surface area contributed by atoms with Crippen molar-refractivity contribution in [1.82, 2.24) is 19.5 Å². The second-order valence-electron chi connectivity index (χ2n) is 7.25. The molecule has 0 amide bonds. The number of aryl methyl sites for hydroxylation is 1. The summed E-state index contributed by atoms with van der Waals surface area (Å²) in [5.74, 6) is 2.27. The summed E-state index contributed by atoms with van der Waals surface area (Å²) in [6.07, 6.45) is 1.67. The standard InChI is InChI=1S/C24H25N5O5/c1-6-29-22-15(9-19(23(29)30)14-7-17(31-2)12-18(8-14)32-3)13-25-24(28-22)26-16-10-20(33-4)27-21(11-16)34-5/h7-13H,6H2,1-5H3,(H,25,26,27,28). The van der Waals surface area contributed by atoms with Gasteiger partial charge in [0, 0.05) is 41.9 Å². The van der Waals surface area contributed by atoms with E-state index >= 15 is 0 Å². The zero-order chi connectivity index (χ0) is 24.2. The molecule has 0 saturated heterocycles. The molecule has 10 heteroatoms. The van der Waals surface area contributed by atoms with Crippen LogP contribution in [0, 0.1) is 0 Å². The first-order valence-electron chi connectivity index (χ1n) is 10.5. The molecule has 4 rings (SSSR count). The molecule has 0 spiro atoms. The SMILES string of the molecule is CCn1c(=O)c(-c2cc(OC)cc(OC)c2)cc2cnc(Nc3cc(OC)nc(OC)c3)nc21. The predicted octanol–water partition coefficient (Wildman–Crippen LogP) is 3.65. The van der Waals surface area contributed by atoms with Crippen molar-refractivity contribution in [2.75, 3.05) is 33.8 Å². The molecule has 34 heavy (non-hydrogen) atoms. The molecule has 0 unspecified atom stereocenters. The molecule has 0 fully saturated rings. The monoisotopic (exact) mass is 463 g/mol. The summed E-state index contributed by atoms with van der Waals surface area (Å²) in [5, 5.41) is 3.84. The van der Waals surface area contributed by atoms with Crippen LogP contribution in [-0.2, 0) is 6.54 Å². The van der Waals surface area contributed by atoms with Gasteiger partial charge in [-0.25, -0.2) is 4.98 Å². The summed E-state index contributed by atoms with van der Waals surface area (Å²) in [4.78, 5) is 26.6. The lowest BCUT2D eigenvalue weighted by Gasteiger charge is -2.14. The predicted molar refractivity (Wildman–Crippen MR) is 129 cm³/mol. The highest BCUT2D eigenvalue weighted by Gasteiger charge is 2.15. The Balaban J connectivity index is 1.80. The van der Waals surface area contributed by atoms with E-state index in [9.17, 15) is 4.79 Å². The van der Waals surface area contributed by atoms with Crippen molar-refractivity contribution < 1.29 is 18.9 Å². The molecule has 3 heterocycles. The van der Waals surface area contributed by atoms with E-state index in [1.165, 1.54) is 14.2 Å². The van der Waals surface area contributed by atoms with Crippen LogP contribution < -0.4 is 29.8 Å². The molecule has 0 aliphatic heterocycles. The number of anilines is 2. The van der Waals surface area contributed by atoms with Gasteiger partial charge in [0.25, 0.3) is 5.56 Å². The maximum Gasteiger partial charge on any atom is 0.260 e. The number of rotatable bonds is 8. The first kappa shape index (κ1) is 22.8. The zero-order valence-corrected chi connectivity index (χ0v) is 19.6. The summed E-state index contributed by atoms with van der Waals surface area (Å²) in [5.41, 5.74) is 2.15. The number of hydrogen-bond donors (Lipinski definition) is 1. The van der Waals surface area contributed by atoms with E-state index in [4.69, 9.17) is 18.9 Å². The van der Waals surface area contributed by atoms with Gasteiger partial charge in [-0.05, 0) is 30.7 Å². The highest BCUT2D eigenvalue weighted by atomic mass is 16.5. The average Bonchev–Trinajstić information content (AvgIpc) is 2.87. The first-order chi connectivity index (χ1) is 16.5. The zero-order valence-electron chi connectivity index (χ0n) is 19.6. The molecule has 10 nitrogen and oxygen atoms in total. The van der Waals surface area contributed by atoms with Crippen molar-refractivity contribution in [3.63, 3.8) is 0 Å². The lowest BCUT2D eigenvalue weighted by Crippen LogP contribution is -2.22. The van der Waals surface area contributed by atoms with Crippen molar-refractivity contribution in [3.8, 4) is 34.4 Å². The van der Waals surface area contributed by atoms with Gasteiger partial charge in [-0.3, -0.25) is 9.36 Å². The Hall–Kier alpha value is -4.34. The lowest BCUT2D eigenvalue weighted by molar-refractivity contribution is 0.365. The number of nitrogens with one attached hydrogen (secondary N) is 1. The van der Waals surface area contributed by atoms with E-state index in [1.807, 2.05) is 6.92 Å². The van der Waals surface area contributed by atoms with E-state index in [2.05, 4.69) is 20.3 Å². The van der Waals surface area contributed by atoms with Crippen LogP contribution in [0.1, 0.15) is 6.92 Å². The minimum absolute atomic E-state index is 0.179. The maximum atomic E-state index is 13.4. The van der Waals surface area contributed by atoms with Gasteiger partial charge in [0.2, 0.25) is 17.7 Å². The second kappa shape index (κ2) is 9.65. The van der Waals surface area contributed by atoms with Crippen LogP contribution in [0.25, 0.3) is 22.2 Å². The highest BCUT2D eigenvalue weighted by Crippen LogP contribution is 2.30. The number of methoxy groups -OCH3 is 4. The minimum Gasteiger partial charge on any atom is -0.497 e. The van der Waals surface area contributed by atoms with E-state index < -0.39 is 0 Å². The third kappa shape index (κ3) is 4.42. The van der Waals surface area contributed by atoms with Gasteiger partial charge in [-0.15, -0.1) is 0 Å². The molecule has 0 aliphatic carbocycles. The number of ether oxygens (including phenoxy) is 4. The van der Waals surface area contributed by atoms with Crippen molar-refractivity contribution in [3.05, 3.63) is 52.9 Å². The lowest BCUT2D eigenvalue weighted by atomic mass is 10.1. The molecule has 0 atom stereocenters. The van der Waals surface area contributed by atoms with Crippen LogP contribution >= 0.6 is 0 Å². The molecule has 0 aliphatic rings. The van der Waals surface area contributed by atoms with Crippen LogP contribution in [-0.4, -0.2) is 48.0 Å². The molecule has 0 radical (unpaired) electrons. The molecule has 4 aromatic rings. The van der Waals surface area contributed by atoms with E-state index in [-0.39, 0.29) is 5.56 Å². The third-order valence-corrected chi connectivity index (χ3v) is 5.26. The molecular formula is C24H25N5O5. The number of fused-ring (bicyclic) bond motifs is 1. The third-order valence-electron chi connectivity index (χ3n) is 5.26. The number of aromatic nitrogens is 4. The van der Waals surface area contributed by atoms with Crippen LogP contribution in [0.4, 0.5) is 11.6 Å². The molecule has 176 valence electrons. The van der Waals surface area contributed by atoms with Crippen LogP contribution in [0.3, 0.4) is 0 Å². The smallest absolute Gasteiger partial charge is 0.260 e. The molecule has 1 N–H and O–H groups in total. The maximum absolute atomic E-state index is 13.4. The number of pyridine rings is 2. The largest absolute Gasteiger partial charge is 0.497 e. The van der Waals surface area contributed by atoms with E-state index in [1.54, 1.807) is 61.4 Å². The van der Waals surface area contributed by atoms with Crippen LogP contribution in [0.2, 0.25) is 0 Å². The van der Waals surface area contributed by atoms with Gasteiger partial charge in [-0.2, -0.15) is 9.97 Å². The fourth-order valence-corrected chi connectivity index (χ4v) is 3.57. The fraction of sp³-hybridized carbons (Fsp3) is 0.250. The summed E-state index contributed by atoms with van der Waals surface area (Å²) in [6.45, 7) is 2.32. The summed E-state index contributed by atoms with van der Waals surface area (Å²) < 4.78 is 22.8. The Morgan fingerprint density at radius 3 is 2.06 bits per heavy atom. The Morgan fingerprint density at radius 2 is 1.50 bits per heavy atom.